The van der Waals surface area contributed by atoms with Crippen LogP contribution in [0.25, 0.3) is 6.08 Å². The van der Waals surface area contributed by atoms with Gasteiger partial charge in [-0.1, -0.05) is 24.3 Å². The standard InChI is InChI=1S/C30H36N2O4/c1-21(33)36-28-7-3-5-24(17-28)30-14-15-32(19-23-8-9-23)20-25(30)11-12-26(18-30)31-29(35)13-10-22-4-2-6-27(34)16-22/h2-7,10,13,16-17,23,25-26,34H,8-9,11-12,14-15,18-20H2,1H3,(H,31,35)/t25-,26-,30+/m1/s1. The summed E-state index contributed by atoms with van der Waals surface area (Å²) in [5.74, 6) is 1.73. The number of nitrogens with one attached hydrogen (secondary N) is 1. The number of aromatic hydroxyl groups is 1. The van der Waals surface area contributed by atoms with Gasteiger partial charge in [-0.25, -0.2) is 0 Å². The molecule has 2 aromatic carbocycles. The van der Waals surface area contributed by atoms with Crippen LogP contribution in [0.1, 0.15) is 56.6 Å². The number of phenolic OH excluding ortho intramolecular Hbond substituents is 1. The highest BCUT2D eigenvalue weighted by Crippen LogP contribution is 2.50. The normalized spacial score (nSPS) is 26.4. The summed E-state index contributed by atoms with van der Waals surface area (Å²) < 4.78 is 5.43. The monoisotopic (exact) mass is 488 g/mol. The molecule has 36 heavy (non-hydrogen) atoms. The highest BCUT2D eigenvalue weighted by Gasteiger charge is 2.48. The molecule has 1 amide bonds. The van der Waals surface area contributed by atoms with Gasteiger partial charge in [-0.3, -0.25) is 9.59 Å². The number of rotatable bonds is 7. The topological polar surface area (TPSA) is 78.9 Å². The molecule has 3 atom stereocenters. The molecule has 3 aliphatic rings. The zero-order chi connectivity index (χ0) is 25.1. The first-order valence-corrected chi connectivity index (χ1v) is 13.2. The molecule has 2 aromatic rings. The van der Waals surface area contributed by atoms with Crippen molar-refractivity contribution in [2.24, 2.45) is 11.8 Å². The van der Waals surface area contributed by atoms with Crippen LogP contribution in [0.3, 0.4) is 0 Å². The van der Waals surface area contributed by atoms with Crippen molar-refractivity contribution in [2.45, 2.75) is 56.9 Å². The van der Waals surface area contributed by atoms with E-state index in [-0.39, 0.29) is 29.1 Å². The number of carbonyl (C=O) groups excluding carboxylic acids is 2. The van der Waals surface area contributed by atoms with Crippen molar-refractivity contribution in [3.8, 4) is 11.5 Å². The quantitative estimate of drug-likeness (QED) is 0.336. The minimum atomic E-state index is -0.312. The highest BCUT2D eigenvalue weighted by atomic mass is 16.5. The summed E-state index contributed by atoms with van der Waals surface area (Å²) in [6.45, 7) is 4.79. The van der Waals surface area contributed by atoms with E-state index in [1.54, 1.807) is 30.4 Å². The number of nitrogens with zero attached hydrogens (tertiary/aromatic N) is 1. The number of likely N-dealkylation sites (tertiary alicyclic amines) is 1. The maximum Gasteiger partial charge on any atom is 0.308 e. The van der Waals surface area contributed by atoms with Crippen LogP contribution in [-0.2, 0) is 15.0 Å². The van der Waals surface area contributed by atoms with Gasteiger partial charge in [-0.05, 0) is 98.4 Å². The molecule has 5 rings (SSSR count). The molecule has 190 valence electrons. The second-order valence-electron chi connectivity index (χ2n) is 10.8. The Bertz CT molecular complexity index is 1140. The Morgan fingerprint density at radius 3 is 2.75 bits per heavy atom. The predicted molar refractivity (Wildman–Crippen MR) is 140 cm³/mol. The molecule has 6 heteroatoms. The Hall–Kier alpha value is -3.12. The lowest BCUT2D eigenvalue weighted by molar-refractivity contribution is -0.131. The second kappa shape index (κ2) is 10.5. The number of fused-ring (bicyclic) bond motifs is 1. The Kier molecular flexibility index (Phi) is 7.15. The summed E-state index contributed by atoms with van der Waals surface area (Å²) in [5, 5.41) is 12.9. The largest absolute Gasteiger partial charge is 0.508 e. The molecule has 0 radical (unpaired) electrons. The predicted octanol–water partition coefficient (Wildman–Crippen LogP) is 4.67. The van der Waals surface area contributed by atoms with Gasteiger partial charge in [-0.2, -0.15) is 0 Å². The van der Waals surface area contributed by atoms with E-state index >= 15 is 0 Å². The second-order valence-corrected chi connectivity index (χ2v) is 10.8. The smallest absolute Gasteiger partial charge is 0.308 e. The fourth-order valence-electron chi connectivity index (χ4n) is 6.26. The van der Waals surface area contributed by atoms with E-state index in [4.69, 9.17) is 4.74 Å². The molecule has 1 saturated heterocycles. The van der Waals surface area contributed by atoms with Crippen LogP contribution in [-0.4, -0.2) is 47.6 Å². The number of hydrogen-bond donors (Lipinski definition) is 2. The van der Waals surface area contributed by atoms with Crippen molar-refractivity contribution >= 4 is 18.0 Å². The van der Waals surface area contributed by atoms with E-state index in [1.165, 1.54) is 31.9 Å². The zero-order valence-electron chi connectivity index (χ0n) is 21.0. The Morgan fingerprint density at radius 1 is 1.14 bits per heavy atom. The molecule has 3 fully saturated rings. The molecule has 0 bridgehead atoms. The number of amides is 1. The van der Waals surface area contributed by atoms with E-state index in [2.05, 4.69) is 16.3 Å². The summed E-state index contributed by atoms with van der Waals surface area (Å²) in [5.41, 5.74) is 1.95. The van der Waals surface area contributed by atoms with Crippen molar-refractivity contribution < 1.29 is 19.4 Å². The van der Waals surface area contributed by atoms with E-state index in [9.17, 15) is 14.7 Å². The highest BCUT2D eigenvalue weighted by molar-refractivity contribution is 5.92. The Labute approximate surface area is 213 Å². The van der Waals surface area contributed by atoms with E-state index < -0.39 is 0 Å². The zero-order valence-corrected chi connectivity index (χ0v) is 21.0. The van der Waals surface area contributed by atoms with Crippen LogP contribution in [0.15, 0.2) is 54.6 Å². The summed E-state index contributed by atoms with van der Waals surface area (Å²) in [6, 6.07) is 15.0. The first-order chi connectivity index (χ1) is 17.4. The number of ether oxygens (including phenoxy) is 1. The molecular weight excluding hydrogens is 452 g/mol. The molecule has 2 saturated carbocycles. The SMILES string of the molecule is CC(=O)Oc1cccc([C@@]23CCN(CC4CC4)C[C@H]2CC[C@@H](NC(=O)C=Cc2cccc(O)c2)C3)c1. The van der Waals surface area contributed by atoms with Gasteiger partial charge < -0.3 is 20.1 Å². The van der Waals surface area contributed by atoms with Crippen LogP contribution in [0.5, 0.6) is 11.5 Å². The van der Waals surface area contributed by atoms with Crippen LogP contribution >= 0.6 is 0 Å². The minimum absolute atomic E-state index is 0.0542. The molecule has 1 heterocycles. The Balaban J connectivity index is 1.33. The maximum atomic E-state index is 12.8. The van der Waals surface area contributed by atoms with Crippen LogP contribution < -0.4 is 10.1 Å². The lowest BCUT2D eigenvalue weighted by atomic mass is 9.58. The average Bonchev–Trinajstić information content (AvgIpc) is 3.67. The molecular formula is C30H36N2O4. The van der Waals surface area contributed by atoms with Gasteiger partial charge in [0.2, 0.25) is 5.91 Å². The van der Waals surface area contributed by atoms with Gasteiger partial charge >= 0.3 is 5.97 Å². The third-order valence-electron chi connectivity index (χ3n) is 8.14. The molecule has 1 aliphatic heterocycles. The van der Waals surface area contributed by atoms with Crippen molar-refractivity contribution in [3.63, 3.8) is 0 Å². The average molecular weight is 489 g/mol. The van der Waals surface area contributed by atoms with Crippen LogP contribution in [0.2, 0.25) is 0 Å². The number of carbonyl (C=O) groups is 2. The number of piperidine rings is 1. The Morgan fingerprint density at radius 2 is 1.97 bits per heavy atom. The number of phenols is 1. The maximum absolute atomic E-state index is 12.8. The first-order valence-electron chi connectivity index (χ1n) is 13.2. The van der Waals surface area contributed by atoms with Gasteiger partial charge in [-0.15, -0.1) is 0 Å². The van der Waals surface area contributed by atoms with Gasteiger partial charge in [0.15, 0.2) is 0 Å². The van der Waals surface area contributed by atoms with E-state index in [1.807, 2.05) is 24.3 Å². The molecule has 2 aliphatic carbocycles. The van der Waals surface area contributed by atoms with Gasteiger partial charge in [0.25, 0.3) is 0 Å². The molecule has 0 aromatic heterocycles. The molecule has 0 unspecified atom stereocenters. The van der Waals surface area contributed by atoms with Crippen molar-refractivity contribution in [1.82, 2.24) is 10.2 Å². The minimum Gasteiger partial charge on any atom is -0.508 e. The van der Waals surface area contributed by atoms with Gasteiger partial charge in [0.1, 0.15) is 11.5 Å². The summed E-state index contributed by atoms with van der Waals surface area (Å²) in [4.78, 5) is 27.0. The lowest BCUT2D eigenvalue weighted by Gasteiger charge is -2.53. The van der Waals surface area contributed by atoms with E-state index in [0.29, 0.717) is 11.7 Å². The van der Waals surface area contributed by atoms with Crippen LogP contribution in [0.4, 0.5) is 0 Å². The fraction of sp³-hybridized carbons (Fsp3) is 0.467. The van der Waals surface area contributed by atoms with Crippen molar-refractivity contribution in [3.05, 3.63) is 65.7 Å². The molecule has 0 spiro atoms. The summed E-state index contributed by atoms with van der Waals surface area (Å²) in [7, 11) is 0. The third kappa shape index (κ3) is 5.81. The number of esters is 1. The van der Waals surface area contributed by atoms with Crippen molar-refractivity contribution in [1.29, 1.82) is 0 Å². The third-order valence-corrected chi connectivity index (χ3v) is 8.14. The number of hydrogen-bond acceptors (Lipinski definition) is 5. The number of benzene rings is 2. The van der Waals surface area contributed by atoms with Crippen molar-refractivity contribution in [2.75, 3.05) is 19.6 Å². The van der Waals surface area contributed by atoms with Crippen LogP contribution in [0, 0.1) is 11.8 Å². The molecule has 6 nitrogen and oxygen atoms in total. The molecule has 2 N–H and O–H groups in total. The summed E-state index contributed by atoms with van der Waals surface area (Å²) >= 11 is 0. The first kappa shape index (κ1) is 24.6. The fourth-order valence-corrected chi connectivity index (χ4v) is 6.26. The lowest BCUT2D eigenvalue weighted by Crippen LogP contribution is -2.56. The van der Waals surface area contributed by atoms with Gasteiger partial charge in [0, 0.05) is 37.5 Å². The van der Waals surface area contributed by atoms with Gasteiger partial charge in [0.05, 0.1) is 0 Å². The summed E-state index contributed by atoms with van der Waals surface area (Å²) in [6.07, 6.45) is 9.94. The van der Waals surface area contributed by atoms with E-state index in [0.717, 1.165) is 50.3 Å².